The van der Waals surface area contributed by atoms with Crippen LogP contribution in [0.25, 0.3) is 0 Å². The van der Waals surface area contributed by atoms with Crippen molar-refractivity contribution in [2.45, 2.75) is 52.6 Å². The first-order valence-corrected chi connectivity index (χ1v) is 10.2. The summed E-state index contributed by atoms with van der Waals surface area (Å²) in [6, 6.07) is 0. The van der Waals surface area contributed by atoms with Gasteiger partial charge in [0.25, 0.3) is 0 Å². The summed E-state index contributed by atoms with van der Waals surface area (Å²) in [4.78, 5) is 13.9. The minimum atomic E-state index is -0.703. The molecule has 2 rings (SSSR count). The van der Waals surface area contributed by atoms with Crippen LogP contribution in [0.3, 0.4) is 0 Å². The van der Waals surface area contributed by atoms with E-state index < -0.39 is 5.60 Å². The van der Waals surface area contributed by atoms with Gasteiger partial charge in [0.1, 0.15) is 5.82 Å². The first-order chi connectivity index (χ1) is 12.0. The van der Waals surface area contributed by atoms with Gasteiger partial charge in [-0.2, -0.15) is 4.37 Å². The molecule has 1 saturated heterocycles. The Morgan fingerprint density at radius 1 is 1.19 bits per heavy atom. The second kappa shape index (κ2) is 11.2. The van der Waals surface area contributed by atoms with Gasteiger partial charge in [0.15, 0.2) is 5.96 Å². The Morgan fingerprint density at radius 3 is 2.35 bits per heavy atom. The number of anilines is 1. The van der Waals surface area contributed by atoms with Crippen LogP contribution in [0, 0.1) is 0 Å². The molecule has 150 valence electrons. The van der Waals surface area contributed by atoms with Crippen molar-refractivity contribution in [3.8, 4) is 0 Å². The van der Waals surface area contributed by atoms with Crippen molar-refractivity contribution in [3.63, 3.8) is 0 Å². The van der Waals surface area contributed by atoms with E-state index in [1.54, 1.807) is 0 Å². The van der Waals surface area contributed by atoms with Crippen LogP contribution in [-0.2, 0) is 6.42 Å². The van der Waals surface area contributed by atoms with Crippen LogP contribution >= 0.6 is 35.5 Å². The van der Waals surface area contributed by atoms with Gasteiger partial charge in [-0.05, 0) is 19.8 Å². The number of nitrogens with zero attached hydrogens (tertiary/aromatic N) is 5. The third-order valence-electron chi connectivity index (χ3n) is 4.80. The topological polar surface area (TPSA) is 76.9 Å². The van der Waals surface area contributed by atoms with Crippen molar-refractivity contribution >= 4 is 46.6 Å². The third kappa shape index (κ3) is 6.19. The fraction of sp³-hybridized carbons (Fsp3) is 0.824. The fourth-order valence-electron chi connectivity index (χ4n) is 2.75. The molecule has 1 fully saturated rings. The molecule has 2 heterocycles. The van der Waals surface area contributed by atoms with Crippen molar-refractivity contribution in [1.29, 1.82) is 0 Å². The predicted octanol–water partition coefficient (Wildman–Crippen LogP) is 2.36. The zero-order valence-corrected chi connectivity index (χ0v) is 19.5. The number of guanidine groups is 1. The van der Waals surface area contributed by atoms with Crippen LogP contribution < -0.4 is 10.2 Å². The first-order valence-electron chi connectivity index (χ1n) is 9.38. The number of hydrogen-bond acceptors (Lipinski definition) is 6. The highest BCUT2D eigenvalue weighted by Crippen LogP contribution is 2.20. The van der Waals surface area contributed by atoms with Crippen molar-refractivity contribution in [2.24, 2.45) is 4.99 Å². The molecule has 7 nitrogen and oxygen atoms in total. The minimum absolute atomic E-state index is 0. The van der Waals surface area contributed by atoms with Gasteiger partial charge in [0.05, 0.1) is 12.1 Å². The van der Waals surface area contributed by atoms with E-state index in [9.17, 15) is 5.11 Å². The molecular weight excluding hydrogens is 463 g/mol. The van der Waals surface area contributed by atoms with Gasteiger partial charge in [-0.25, -0.2) is 4.98 Å². The number of aliphatic imine (C=N–C) groups is 1. The van der Waals surface area contributed by atoms with E-state index in [1.165, 1.54) is 11.5 Å². The number of aromatic nitrogens is 2. The molecule has 9 heteroatoms. The normalized spacial score (nSPS) is 15.8. The maximum atomic E-state index is 10.5. The Bertz CT molecular complexity index is 555. The van der Waals surface area contributed by atoms with Gasteiger partial charge in [-0.15, -0.1) is 24.0 Å². The van der Waals surface area contributed by atoms with E-state index in [2.05, 4.69) is 38.3 Å². The molecule has 1 aromatic rings. The Balaban J connectivity index is 0.00000338. The van der Waals surface area contributed by atoms with Crippen LogP contribution in [0.1, 0.15) is 46.4 Å². The van der Waals surface area contributed by atoms with Gasteiger partial charge in [-0.1, -0.05) is 20.8 Å². The fourth-order valence-corrected chi connectivity index (χ4v) is 3.55. The molecule has 0 aromatic carbocycles. The van der Waals surface area contributed by atoms with Gasteiger partial charge < -0.3 is 20.2 Å². The molecule has 0 aliphatic carbocycles. The summed E-state index contributed by atoms with van der Waals surface area (Å²) >= 11 is 1.49. The number of nitrogens with one attached hydrogen (secondary N) is 1. The lowest BCUT2D eigenvalue weighted by molar-refractivity contribution is 0.0415. The summed E-state index contributed by atoms with van der Waals surface area (Å²) in [6.07, 6.45) is 2.32. The zero-order chi connectivity index (χ0) is 18.3. The number of rotatable bonds is 7. The highest BCUT2D eigenvalue weighted by molar-refractivity contribution is 14.0. The molecule has 1 aliphatic rings. The van der Waals surface area contributed by atoms with Crippen LogP contribution in [0.15, 0.2) is 4.99 Å². The second-order valence-electron chi connectivity index (χ2n) is 6.42. The molecule has 0 saturated carbocycles. The van der Waals surface area contributed by atoms with E-state index in [-0.39, 0.29) is 24.0 Å². The highest BCUT2D eigenvalue weighted by atomic mass is 127. The molecule has 0 bridgehead atoms. The lowest BCUT2D eigenvalue weighted by Gasteiger charge is -2.36. The van der Waals surface area contributed by atoms with Crippen molar-refractivity contribution < 1.29 is 5.11 Å². The second-order valence-corrected chi connectivity index (χ2v) is 7.15. The van der Waals surface area contributed by atoms with E-state index in [0.29, 0.717) is 6.54 Å². The zero-order valence-electron chi connectivity index (χ0n) is 16.4. The smallest absolute Gasteiger partial charge is 0.205 e. The van der Waals surface area contributed by atoms with Crippen molar-refractivity contribution in [3.05, 3.63) is 5.82 Å². The number of piperazine rings is 1. The van der Waals surface area contributed by atoms with Gasteiger partial charge in [0.2, 0.25) is 5.13 Å². The lowest BCUT2D eigenvalue weighted by atomic mass is 9.98. The molecule has 0 atom stereocenters. The summed E-state index contributed by atoms with van der Waals surface area (Å²) in [5.74, 6) is 1.82. The molecule has 0 unspecified atom stereocenters. The Hall–Kier alpha value is -0.680. The molecule has 1 aromatic heterocycles. The lowest BCUT2D eigenvalue weighted by Crippen LogP contribution is -2.53. The van der Waals surface area contributed by atoms with Crippen LogP contribution in [-0.4, -0.2) is 70.2 Å². The summed E-state index contributed by atoms with van der Waals surface area (Å²) < 4.78 is 4.38. The maximum Gasteiger partial charge on any atom is 0.205 e. The molecule has 0 amide bonds. The summed E-state index contributed by atoms with van der Waals surface area (Å²) in [5.41, 5.74) is -0.703. The van der Waals surface area contributed by atoms with E-state index >= 15 is 0 Å². The Labute approximate surface area is 178 Å². The van der Waals surface area contributed by atoms with Crippen molar-refractivity contribution in [1.82, 2.24) is 19.6 Å². The number of aliphatic hydroxyl groups is 1. The molecule has 2 N–H and O–H groups in total. The highest BCUT2D eigenvalue weighted by Gasteiger charge is 2.25. The molecule has 0 spiro atoms. The van der Waals surface area contributed by atoms with Gasteiger partial charge in [-0.3, -0.25) is 4.99 Å². The molecule has 0 radical (unpaired) electrons. The average Bonchev–Trinajstić information content (AvgIpc) is 3.14. The number of aryl methyl sites for hydroxylation is 1. The third-order valence-corrected chi connectivity index (χ3v) is 5.61. The standard InChI is InChI=1S/C17H32N6OS.HI/c1-5-14-20-16(25-21-14)23-11-9-22(10-12-23)15(18-8-4)19-13-17(24,6-2)7-3;/h24H,5-13H2,1-4H3,(H,18,19);1H. The molecule has 1 aliphatic heterocycles. The summed E-state index contributed by atoms with van der Waals surface area (Å²) in [5, 5.41) is 14.9. The largest absolute Gasteiger partial charge is 0.388 e. The average molecular weight is 496 g/mol. The Morgan fingerprint density at radius 2 is 1.85 bits per heavy atom. The van der Waals surface area contributed by atoms with E-state index in [1.807, 2.05) is 13.8 Å². The van der Waals surface area contributed by atoms with Crippen LogP contribution in [0.2, 0.25) is 0 Å². The molecular formula is C17H33IN6OS. The Kier molecular flexibility index (Phi) is 10.1. The van der Waals surface area contributed by atoms with E-state index in [0.717, 1.165) is 68.9 Å². The molecule has 26 heavy (non-hydrogen) atoms. The monoisotopic (exact) mass is 496 g/mol. The van der Waals surface area contributed by atoms with E-state index in [4.69, 9.17) is 4.99 Å². The maximum absolute atomic E-state index is 10.5. The number of halogens is 1. The van der Waals surface area contributed by atoms with Gasteiger partial charge >= 0.3 is 0 Å². The van der Waals surface area contributed by atoms with Crippen molar-refractivity contribution in [2.75, 3.05) is 44.2 Å². The SMILES string of the molecule is CCNC(=NCC(O)(CC)CC)N1CCN(c2nc(CC)ns2)CC1.I. The number of hydrogen-bond donors (Lipinski definition) is 2. The summed E-state index contributed by atoms with van der Waals surface area (Å²) in [7, 11) is 0. The van der Waals surface area contributed by atoms with Crippen LogP contribution in [0.4, 0.5) is 5.13 Å². The van der Waals surface area contributed by atoms with Gasteiger partial charge in [0, 0.05) is 50.7 Å². The minimum Gasteiger partial charge on any atom is -0.388 e. The predicted molar refractivity (Wildman–Crippen MR) is 120 cm³/mol. The first kappa shape index (κ1) is 23.4. The van der Waals surface area contributed by atoms with Crippen LogP contribution in [0.5, 0.6) is 0 Å². The summed E-state index contributed by atoms with van der Waals surface area (Å²) in [6.45, 7) is 13.1. The quantitative estimate of drug-likeness (QED) is 0.343.